The minimum Gasteiger partial charge on any atom is -0.493 e. The van der Waals surface area contributed by atoms with Gasteiger partial charge in [0.25, 0.3) is 0 Å². The van der Waals surface area contributed by atoms with Crippen LogP contribution in [0.5, 0.6) is 0 Å². The van der Waals surface area contributed by atoms with Crippen molar-refractivity contribution in [3.05, 3.63) is 100 Å². The molecule has 3 rings (SSSR count). The van der Waals surface area contributed by atoms with Crippen molar-refractivity contribution in [2.24, 2.45) is 0 Å². The van der Waals surface area contributed by atoms with E-state index in [-0.39, 0.29) is 31.3 Å². The molecule has 0 amide bonds. The molecule has 0 unspecified atom stereocenters. The van der Waals surface area contributed by atoms with Gasteiger partial charge in [-0.3, -0.25) is 0 Å². The summed E-state index contributed by atoms with van der Waals surface area (Å²) in [4.78, 5) is 0. The minimum atomic E-state index is 0. The van der Waals surface area contributed by atoms with Crippen LogP contribution < -0.4 is 0 Å². The normalized spacial score (nSPS) is 12.5. The van der Waals surface area contributed by atoms with E-state index < -0.39 is 0 Å². The Morgan fingerprint density at radius 1 is 0.290 bits per heavy atom. The monoisotopic (exact) mass is 993 g/mol. The summed E-state index contributed by atoms with van der Waals surface area (Å²) in [5, 5.41) is 0. The van der Waals surface area contributed by atoms with E-state index in [0.717, 1.165) is 56.3 Å². The first-order valence-electron chi connectivity index (χ1n) is 29.7. The average molecular weight is 994 g/mol. The Hall–Kier alpha value is -1.99. The van der Waals surface area contributed by atoms with Gasteiger partial charge in [0.05, 0.1) is 0 Å². The molecule has 0 saturated carbocycles. The number of hydrogen-bond donors (Lipinski definition) is 0. The second-order valence-electron chi connectivity index (χ2n) is 21.0. The Morgan fingerprint density at radius 3 is 0.797 bits per heavy atom. The fraction of sp³-hybridized carbons (Fsp3) is 0.727. The van der Waals surface area contributed by atoms with Gasteiger partial charge in [0.15, 0.2) is 0 Å². The maximum absolute atomic E-state index is 13.3. The molecule has 0 bridgehead atoms. The smallest absolute Gasteiger partial charge is 0.493 e. The van der Waals surface area contributed by atoms with E-state index in [1.54, 1.807) is 38.1 Å². The second-order valence-corrected chi connectivity index (χ2v) is 21.0. The van der Waals surface area contributed by atoms with E-state index in [1.165, 1.54) is 234 Å². The Morgan fingerprint density at radius 2 is 0.507 bits per heavy atom. The molecule has 0 radical (unpaired) electrons. The molecule has 2 nitrogen and oxygen atoms in total. The molecule has 0 fully saturated rings. The molecule has 3 heteroatoms. The molecule has 0 spiro atoms. The van der Waals surface area contributed by atoms with Crippen molar-refractivity contribution in [3.63, 3.8) is 0 Å². The summed E-state index contributed by atoms with van der Waals surface area (Å²) in [5.74, 6) is 0. The number of nitrogens with zero attached hydrogens (tertiary/aromatic N) is 2. The van der Waals surface area contributed by atoms with E-state index >= 15 is 0 Å². The van der Waals surface area contributed by atoms with E-state index in [9.17, 15) is 5.53 Å². The summed E-state index contributed by atoms with van der Waals surface area (Å²) in [6.45, 7) is 18.7. The quantitative estimate of drug-likeness (QED) is 0.0274. The molecule has 0 saturated heterocycles. The second kappa shape index (κ2) is 42.5. The van der Waals surface area contributed by atoms with E-state index in [0.29, 0.717) is 0 Å². The van der Waals surface area contributed by atoms with Gasteiger partial charge >= 0.3 is 16.5 Å². The zero-order valence-corrected chi connectivity index (χ0v) is 48.8. The molecular formula is C66H114N2Ni. The topological polar surface area (TPSA) is 25.3 Å². The van der Waals surface area contributed by atoms with Gasteiger partial charge < -0.3 is 20.4 Å². The predicted molar refractivity (Wildman–Crippen MR) is 308 cm³/mol. The summed E-state index contributed by atoms with van der Waals surface area (Å²) in [6, 6.07) is 10.4. The molecule has 0 aliphatic carbocycles. The third-order valence-electron chi connectivity index (χ3n) is 15.1. The van der Waals surface area contributed by atoms with Crippen LogP contribution in [0.3, 0.4) is 0 Å². The van der Waals surface area contributed by atoms with Crippen LogP contribution in [0.25, 0.3) is 16.9 Å². The van der Waals surface area contributed by atoms with Gasteiger partial charge in [-0.2, -0.15) is 0 Å². The van der Waals surface area contributed by atoms with Crippen molar-refractivity contribution in [2.45, 2.75) is 312 Å². The molecule has 0 aromatic heterocycles. The SMILES string of the molecule is CCCCCCCCC1=C(c2cc(CCCCCC)c(CCCCCC)c(CCCCCC)c2)[N+](=[N-])C(c2cc(CCCCCC)c(CCCCCC)c(CCCCCC)c2)=C1CCCC.[CH3-].[CH3-].[Ni+2]. The predicted octanol–water partition coefficient (Wildman–Crippen LogP) is 22.4. The first-order chi connectivity index (χ1) is 32.4. The molecular weight excluding hydrogens is 879 g/mol. The molecule has 1 heterocycles. The molecule has 1 aliphatic rings. The maximum Gasteiger partial charge on any atom is 2.00 e. The number of allylic oxidation sites excluding steroid dienone is 2. The fourth-order valence-electron chi connectivity index (χ4n) is 11.0. The van der Waals surface area contributed by atoms with Crippen molar-refractivity contribution < 1.29 is 21.2 Å². The van der Waals surface area contributed by atoms with Crippen LogP contribution >= 0.6 is 0 Å². The molecule has 69 heavy (non-hydrogen) atoms. The van der Waals surface area contributed by atoms with Crippen LogP contribution in [0, 0.1) is 14.9 Å². The van der Waals surface area contributed by atoms with Crippen molar-refractivity contribution in [3.8, 4) is 0 Å². The Kier molecular flexibility index (Phi) is 41.3. The van der Waals surface area contributed by atoms with Gasteiger partial charge in [0.2, 0.25) is 11.4 Å². The number of hydrogen-bond acceptors (Lipinski definition) is 0. The van der Waals surface area contributed by atoms with Crippen LogP contribution in [-0.2, 0) is 55.0 Å². The van der Waals surface area contributed by atoms with Gasteiger partial charge in [-0.25, -0.2) is 4.70 Å². The standard InChI is InChI=1S/C64H108N2.2CH3.Ni/c1-9-17-25-32-33-40-48-62-61(45-24-16-8)63(57-49-53(41-34-26-18-10-2)59(46-38-30-22-14-6)54(50-57)42-35-27-19-11-3)66(65)64(62)58-51-55(43-36-28-20-12-4)60(47-39-31-23-15-7)56(52-58)44-37-29-21-13-5;;;/h49-52H,9-48H2,1-8H3;2*1H3;/q;2*-1;+2. The Bertz CT molecular complexity index is 1610. The Labute approximate surface area is 442 Å². The fourth-order valence-corrected chi connectivity index (χ4v) is 11.0. The van der Waals surface area contributed by atoms with Crippen LogP contribution in [-0.4, -0.2) is 4.70 Å². The maximum atomic E-state index is 13.3. The molecule has 1 aliphatic heterocycles. The van der Waals surface area contributed by atoms with E-state index in [4.69, 9.17) is 0 Å². The summed E-state index contributed by atoms with van der Waals surface area (Å²) in [5.41, 5.74) is 30.7. The van der Waals surface area contributed by atoms with Crippen molar-refractivity contribution in [1.29, 1.82) is 0 Å². The first-order valence-corrected chi connectivity index (χ1v) is 29.7. The van der Waals surface area contributed by atoms with Crippen molar-refractivity contribution in [1.82, 2.24) is 0 Å². The Balaban J connectivity index is 0.0000154. The molecule has 2 aromatic carbocycles. The summed E-state index contributed by atoms with van der Waals surface area (Å²) < 4.78 is 1.79. The van der Waals surface area contributed by atoms with Crippen LogP contribution in [0.15, 0.2) is 35.4 Å². The average Bonchev–Trinajstić information content (AvgIpc) is 3.60. The van der Waals surface area contributed by atoms with Gasteiger partial charge in [0.1, 0.15) is 0 Å². The van der Waals surface area contributed by atoms with Crippen molar-refractivity contribution >= 4 is 11.4 Å². The molecule has 0 N–H and O–H groups in total. The van der Waals surface area contributed by atoms with Gasteiger partial charge in [0, 0.05) is 22.3 Å². The van der Waals surface area contributed by atoms with Gasteiger partial charge in [-0.1, -0.05) is 209 Å². The van der Waals surface area contributed by atoms with Crippen molar-refractivity contribution in [2.75, 3.05) is 0 Å². The number of benzene rings is 2. The van der Waals surface area contributed by atoms with Gasteiger partial charge in [-0.15, -0.1) is 0 Å². The third-order valence-corrected chi connectivity index (χ3v) is 15.1. The molecule has 0 atom stereocenters. The molecule has 2 aromatic rings. The van der Waals surface area contributed by atoms with Crippen LogP contribution in [0.1, 0.15) is 318 Å². The minimum absolute atomic E-state index is 0. The van der Waals surface area contributed by atoms with Gasteiger partial charge in [-0.05, 0) is 160 Å². The summed E-state index contributed by atoms with van der Waals surface area (Å²) in [6.07, 6.45) is 50.4. The number of aryl methyl sites for hydroxylation is 4. The van der Waals surface area contributed by atoms with Crippen LogP contribution in [0.4, 0.5) is 0 Å². The zero-order chi connectivity index (χ0) is 47.6. The summed E-state index contributed by atoms with van der Waals surface area (Å²) in [7, 11) is 0. The van der Waals surface area contributed by atoms with E-state index in [1.807, 2.05) is 0 Å². The number of rotatable bonds is 42. The van der Waals surface area contributed by atoms with Crippen LogP contribution in [0.2, 0.25) is 0 Å². The number of unbranched alkanes of at least 4 members (excludes halogenated alkanes) is 24. The van der Waals surface area contributed by atoms with E-state index in [2.05, 4.69) is 79.7 Å². The third kappa shape index (κ3) is 24.1. The molecule has 398 valence electrons. The first kappa shape index (κ1) is 67.0. The largest absolute Gasteiger partial charge is 2.00 e. The zero-order valence-electron chi connectivity index (χ0n) is 47.8. The summed E-state index contributed by atoms with van der Waals surface area (Å²) >= 11 is 0.